The molecule has 23 heavy (non-hydrogen) atoms. The standard InChI is InChI=1S/C18H32N4S/c1-7-19-16(22-13-17(3,4)18(22,5)6)20-11-9-8-10-15-21-14(2)12-23-15/h12H,7-11,13H2,1-6H3,(H,19,20). The molecule has 0 amide bonds. The van der Waals surface area contributed by atoms with E-state index < -0.39 is 0 Å². The van der Waals surface area contributed by atoms with Gasteiger partial charge in [0.1, 0.15) is 0 Å². The van der Waals surface area contributed by atoms with Crippen molar-refractivity contribution >= 4 is 17.3 Å². The smallest absolute Gasteiger partial charge is 0.194 e. The summed E-state index contributed by atoms with van der Waals surface area (Å²) in [7, 11) is 0. The fourth-order valence-electron chi connectivity index (χ4n) is 2.89. The van der Waals surface area contributed by atoms with Crippen LogP contribution in [0.3, 0.4) is 0 Å². The second-order valence-corrected chi connectivity index (χ2v) is 8.55. The molecule has 4 nitrogen and oxygen atoms in total. The minimum Gasteiger partial charge on any atom is -0.356 e. The molecule has 2 heterocycles. The Kier molecular flexibility index (Phi) is 5.71. The van der Waals surface area contributed by atoms with E-state index in [4.69, 9.17) is 4.99 Å². The average molecular weight is 337 g/mol. The highest BCUT2D eigenvalue weighted by molar-refractivity contribution is 7.09. The number of hydrogen-bond donors (Lipinski definition) is 1. The summed E-state index contributed by atoms with van der Waals surface area (Å²) in [5.41, 5.74) is 1.64. The maximum atomic E-state index is 4.85. The Labute approximate surface area is 145 Å². The number of aryl methyl sites for hydroxylation is 2. The van der Waals surface area contributed by atoms with Crippen molar-refractivity contribution in [3.05, 3.63) is 16.1 Å². The third kappa shape index (κ3) is 4.06. The van der Waals surface area contributed by atoms with Gasteiger partial charge in [0.05, 0.1) is 5.01 Å². The molecule has 2 rings (SSSR count). The summed E-state index contributed by atoms with van der Waals surface area (Å²) in [6, 6.07) is 0. The van der Waals surface area contributed by atoms with Crippen molar-refractivity contribution < 1.29 is 0 Å². The van der Waals surface area contributed by atoms with Gasteiger partial charge in [-0.3, -0.25) is 4.99 Å². The molecule has 0 aliphatic carbocycles. The van der Waals surface area contributed by atoms with Gasteiger partial charge in [-0.05, 0) is 47.0 Å². The number of likely N-dealkylation sites (tertiary alicyclic amines) is 1. The van der Waals surface area contributed by atoms with Crippen molar-refractivity contribution in [3.63, 3.8) is 0 Å². The van der Waals surface area contributed by atoms with Crippen LogP contribution in [0.15, 0.2) is 10.4 Å². The summed E-state index contributed by atoms with van der Waals surface area (Å²) >= 11 is 1.77. The van der Waals surface area contributed by atoms with Crippen LogP contribution < -0.4 is 5.32 Å². The monoisotopic (exact) mass is 336 g/mol. The van der Waals surface area contributed by atoms with Crippen LogP contribution in [0.2, 0.25) is 0 Å². The molecule has 0 spiro atoms. The van der Waals surface area contributed by atoms with Crippen LogP contribution in [-0.4, -0.2) is 41.0 Å². The highest BCUT2D eigenvalue weighted by atomic mass is 32.1. The number of nitrogens with one attached hydrogen (secondary N) is 1. The van der Waals surface area contributed by atoms with Gasteiger partial charge in [-0.15, -0.1) is 11.3 Å². The van der Waals surface area contributed by atoms with Crippen LogP contribution in [-0.2, 0) is 6.42 Å². The minimum atomic E-state index is 0.159. The van der Waals surface area contributed by atoms with Crippen molar-refractivity contribution in [3.8, 4) is 0 Å². The second kappa shape index (κ2) is 7.20. The Morgan fingerprint density at radius 2 is 2.09 bits per heavy atom. The molecule has 1 aromatic rings. The predicted molar refractivity (Wildman–Crippen MR) is 100 cm³/mol. The van der Waals surface area contributed by atoms with Crippen LogP contribution in [0.4, 0.5) is 0 Å². The molecule has 0 radical (unpaired) electrons. The Hall–Kier alpha value is -1.10. The van der Waals surface area contributed by atoms with Gasteiger partial charge in [0, 0.05) is 41.7 Å². The van der Waals surface area contributed by atoms with Crippen LogP contribution in [0.25, 0.3) is 0 Å². The van der Waals surface area contributed by atoms with E-state index in [1.54, 1.807) is 11.3 Å². The molecule has 1 aliphatic heterocycles. The fourth-order valence-corrected chi connectivity index (χ4v) is 3.70. The topological polar surface area (TPSA) is 40.5 Å². The fraction of sp³-hybridized carbons (Fsp3) is 0.778. The lowest BCUT2D eigenvalue weighted by Gasteiger charge is -2.62. The normalized spacial score (nSPS) is 19.6. The summed E-state index contributed by atoms with van der Waals surface area (Å²) in [5, 5.41) is 6.84. The zero-order chi connectivity index (χ0) is 17.1. The number of guanidine groups is 1. The first-order chi connectivity index (χ1) is 10.8. The number of aliphatic imine (C=N–C) groups is 1. The molecule has 1 N–H and O–H groups in total. The quantitative estimate of drug-likeness (QED) is 0.487. The number of thiazole rings is 1. The Morgan fingerprint density at radius 1 is 1.35 bits per heavy atom. The van der Waals surface area contributed by atoms with Gasteiger partial charge >= 0.3 is 0 Å². The van der Waals surface area contributed by atoms with Crippen LogP contribution in [0, 0.1) is 12.3 Å². The van der Waals surface area contributed by atoms with E-state index in [0.29, 0.717) is 5.41 Å². The van der Waals surface area contributed by atoms with Crippen molar-refractivity contribution in [1.82, 2.24) is 15.2 Å². The van der Waals surface area contributed by atoms with Gasteiger partial charge in [0.2, 0.25) is 0 Å². The summed E-state index contributed by atoms with van der Waals surface area (Å²) in [6.45, 7) is 16.4. The van der Waals surface area contributed by atoms with Gasteiger partial charge in [-0.25, -0.2) is 4.98 Å². The Balaban J connectivity index is 1.83. The van der Waals surface area contributed by atoms with Crippen molar-refractivity contribution in [2.45, 2.75) is 66.3 Å². The molecule has 0 unspecified atom stereocenters. The largest absolute Gasteiger partial charge is 0.356 e. The lowest BCUT2D eigenvalue weighted by atomic mass is 9.65. The van der Waals surface area contributed by atoms with E-state index >= 15 is 0 Å². The minimum absolute atomic E-state index is 0.159. The molecule has 5 heteroatoms. The molecule has 0 saturated carbocycles. The van der Waals surface area contributed by atoms with Crippen LogP contribution in [0.1, 0.15) is 58.2 Å². The van der Waals surface area contributed by atoms with Gasteiger partial charge in [0.15, 0.2) is 5.96 Å². The van der Waals surface area contributed by atoms with Crippen molar-refractivity contribution in [1.29, 1.82) is 0 Å². The molecule has 1 fully saturated rings. The van der Waals surface area contributed by atoms with Crippen molar-refractivity contribution in [2.75, 3.05) is 19.6 Å². The van der Waals surface area contributed by atoms with Gasteiger partial charge in [-0.2, -0.15) is 0 Å². The Bertz CT molecular complexity index is 545. The third-order valence-corrected chi connectivity index (χ3v) is 6.23. The van der Waals surface area contributed by atoms with Gasteiger partial charge in [-0.1, -0.05) is 13.8 Å². The molecule has 0 atom stereocenters. The van der Waals surface area contributed by atoms with Crippen LogP contribution in [0.5, 0.6) is 0 Å². The summed E-state index contributed by atoms with van der Waals surface area (Å²) < 4.78 is 0. The number of rotatable bonds is 6. The van der Waals surface area contributed by atoms with E-state index in [0.717, 1.165) is 50.6 Å². The first-order valence-corrected chi connectivity index (χ1v) is 9.63. The van der Waals surface area contributed by atoms with Crippen LogP contribution >= 0.6 is 11.3 Å². The molecule has 1 saturated heterocycles. The summed E-state index contributed by atoms with van der Waals surface area (Å²) in [6.07, 6.45) is 3.35. The number of aromatic nitrogens is 1. The molecule has 1 aromatic heterocycles. The zero-order valence-electron chi connectivity index (χ0n) is 15.6. The molecular weight excluding hydrogens is 304 g/mol. The highest BCUT2D eigenvalue weighted by Gasteiger charge is 2.53. The average Bonchev–Trinajstić information content (AvgIpc) is 2.89. The molecule has 0 aromatic carbocycles. The van der Waals surface area contributed by atoms with E-state index in [1.165, 1.54) is 5.01 Å². The van der Waals surface area contributed by atoms with E-state index in [-0.39, 0.29) is 5.54 Å². The van der Waals surface area contributed by atoms with Gasteiger partial charge in [0.25, 0.3) is 0 Å². The first-order valence-electron chi connectivity index (χ1n) is 8.75. The van der Waals surface area contributed by atoms with E-state index in [1.807, 2.05) is 0 Å². The SMILES string of the molecule is CCNC(=NCCCCc1nc(C)cs1)N1CC(C)(C)C1(C)C. The maximum Gasteiger partial charge on any atom is 0.194 e. The lowest BCUT2D eigenvalue weighted by Crippen LogP contribution is -2.72. The number of hydrogen-bond acceptors (Lipinski definition) is 3. The number of unbranched alkanes of at least 4 members (excludes halogenated alkanes) is 1. The molecule has 1 aliphatic rings. The lowest BCUT2D eigenvalue weighted by molar-refractivity contribution is -0.0667. The molecule has 0 bridgehead atoms. The summed E-state index contributed by atoms with van der Waals surface area (Å²) in [4.78, 5) is 11.8. The van der Waals surface area contributed by atoms with E-state index in [2.05, 4.69) is 62.1 Å². The predicted octanol–water partition coefficient (Wildman–Crippen LogP) is 3.86. The maximum absolute atomic E-state index is 4.85. The van der Waals surface area contributed by atoms with Gasteiger partial charge < -0.3 is 10.2 Å². The summed E-state index contributed by atoms with van der Waals surface area (Å²) in [5.74, 6) is 1.07. The zero-order valence-corrected chi connectivity index (χ0v) is 16.4. The highest BCUT2D eigenvalue weighted by Crippen LogP contribution is 2.46. The molecule has 130 valence electrons. The van der Waals surface area contributed by atoms with Crippen molar-refractivity contribution in [2.24, 2.45) is 10.4 Å². The Morgan fingerprint density at radius 3 is 2.61 bits per heavy atom. The third-order valence-electron chi connectivity index (χ3n) is 5.20. The second-order valence-electron chi connectivity index (χ2n) is 7.60. The first kappa shape index (κ1) is 18.2. The van der Waals surface area contributed by atoms with E-state index in [9.17, 15) is 0 Å². The molecular formula is C18H32N4S. The number of nitrogens with zero attached hydrogens (tertiary/aromatic N) is 3.